The number of carbonyl (C=O) groups is 2. The molecule has 0 atom stereocenters. The summed E-state index contributed by atoms with van der Waals surface area (Å²) < 4.78 is 5.35. The van der Waals surface area contributed by atoms with Gasteiger partial charge in [0.2, 0.25) is 5.91 Å². The van der Waals surface area contributed by atoms with Crippen LogP contribution in [0.15, 0.2) is 47.1 Å². The molecule has 1 aliphatic rings. The lowest BCUT2D eigenvalue weighted by Crippen LogP contribution is -2.33. The number of amides is 2. The highest BCUT2D eigenvalue weighted by Crippen LogP contribution is 2.29. The maximum absolute atomic E-state index is 12.5. The molecule has 2 aromatic rings. The zero-order chi connectivity index (χ0) is 17.6. The van der Waals surface area contributed by atoms with E-state index in [-0.39, 0.29) is 11.8 Å². The molecule has 5 nitrogen and oxygen atoms in total. The lowest BCUT2D eigenvalue weighted by Gasteiger charge is -2.21. The number of nitrogens with one attached hydrogen (secondary N) is 1. The van der Waals surface area contributed by atoms with Crippen LogP contribution >= 0.6 is 11.6 Å². The van der Waals surface area contributed by atoms with Crippen molar-refractivity contribution >= 4 is 23.4 Å². The predicted octanol–water partition coefficient (Wildman–Crippen LogP) is 3.63. The van der Waals surface area contributed by atoms with E-state index in [0.717, 1.165) is 18.6 Å². The van der Waals surface area contributed by atoms with Crippen molar-refractivity contribution in [1.82, 2.24) is 10.2 Å². The standard InChI is InChI=1S/C19H21ClN2O3/c20-15-7-5-14(6-8-15)19(24)21-11-1-4-18(23)22(16-9-10-16)13-17-3-2-12-25-17/h2-3,5-8,12,16H,1,4,9-11,13H2,(H,21,24). The fourth-order valence-corrected chi connectivity index (χ4v) is 2.79. The Morgan fingerprint density at radius 1 is 1.20 bits per heavy atom. The second-order valence-corrected chi connectivity index (χ2v) is 6.63. The van der Waals surface area contributed by atoms with Crippen LogP contribution in [-0.2, 0) is 11.3 Å². The van der Waals surface area contributed by atoms with Crippen molar-refractivity contribution in [1.29, 1.82) is 0 Å². The molecule has 1 aliphatic carbocycles. The highest BCUT2D eigenvalue weighted by Gasteiger charge is 2.32. The Labute approximate surface area is 151 Å². The van der Waals surface area contributed by atoms with E-state index >= 15 is 0 Å². The van der Waals surface area contributed by atoms with Gasteiger partial charge in [0.1, 0.15) is 5.76 Å². The Morgan fingerprint density at radius 2 is 1.96 bits per heavy atom. The Kier molecular flexibility index (Phi) is 5.76. The van der Waals surface area contributed by atoms with Crippen molar-refractivity contribution < 1.29 is 14.0 Å². The lowest BCUT2D eigenvalue weighted by molar-refractivity contribution is -0.132. The number of hydrogen-bond donors (Lipinski definition) is 1. The Hall–Kier alpha value is -2.27. The summed E-state index contributed by atoms with van der Waals surface area (Å²) in [5, 5.41) is 3.43. The van der Waals surface area contributed by atoms with Gasteiger partial charge in [-0.2, -0.15) is 0 Å². The second kappa shape index (κ2) is 8.21. The van der Waals surface area contributed by atoms with Crippen LogP contribution < -0.4 is 5.32 Å². The first-order valence-corrected chi connectivity index (χ1v) is 8.87. The van der Waals surface area contributed by atoms with Crippen molar-refractivity contribution in [2.45, 2.75) is 38.3 Å². The number of halogens is 1. The quantitative estimate of drug-likeness (QED) is 0.731. The summed E-state index contributed by atoms with van der Waals surface area (Å²) in [4.78, 5) is 26.4. The first-order chi connectivity index (χ1) is 12.1. The van der Waals surface area contributed by atoms with E-state index in [0.29, 0.717) is 42.6 Å². The Balaban J connectivity index is 1.42. The molecule has 1 saturated carbocycles. The van der Waals surface area contributed by atoms with E-state index < -0.39 is 0 Å². The molecule has 0 spiro atoms. The van der Waals surface area contributed by atoms with Crippen LogP contribution in [-0.4, -0.2) is 29.3 Å². The molecule has 0 saturated heterocycles. The number of hydrogen-bond acceptors (Lipinski definition) is 3. The molecule has 1 aromatic heterocycles. The van der Waals surface area contributed by atoms with Crippen molar-refractivity contribution in [3.63, 3.8) is 0 Å². The van der Waals surface area contributed by atoms with Crippen molar-refractivity contribution in [3.05, 3.63) is 59.0 Å². The summed E-state index contributed by atoms with van der Waals surface area (Å²) in [6.45, 7) is 0.986. The lowest BCUT2D eigenvalue weighted by atomic mass is 10.2. The molecule has 0 aliphatic heterocycles. The summed E-state index contributed by atoms with van der Waals surface area (Å²) >= 11 is 5.81. The summed E-state index contributed by atoms with van der Waals surface area (Å²) in [6.07, 6.45) is 4.76. The van der Waals surface area contributed by atoms with E-state index in [9.17, 15) is 9.59 Å². The highest BCUT2D eigenvalue weighted by atomic mass is 35.5. The van der Waals surface area contributed by atoms with Gasteiger partial charge in [-0.3, -0.25) is 9.59 Å². The van der Waals surface area contributed by atoms with Gasteiger partial charge >= 0.3 is 0 Å². The van der Waals surface area contributed by atoms with Crippen LogP contribution in [0, 0.1) is 0 Å². The molecule has 3 rings (SSSR count). The van der Waals surface area contributed by atoms with Gasteiger partial charge in [0.15, 0.2) is 0 Å². The first kappa shape index (κ1) is 17.5. The third-order valence-corrected chi connectivity index (χ3v) is 4.43. The summed E-state index contributed by atoms with van der Waals surface area (Å²) in [5.41, 5.74) is 0.563. The van der Waals surface area contributed by atoms with E-state index in [2.05, 4.69) is 5.32 Å². The number of benzene rings is 1. The fourth-order valence-electron chi connectivity index (χ4n) is 2.67. The van der Waals surface area contributed by atoms with Gasteiger partial charge in [-0.25, -0.2) is 0 Å². The molecule has 0 radical (unpaired) electrons. The van der Waals surface area contributed by atoms with Gasteiger partial charge < -0.3 is 14.6 Å². The molecule has 0 unspecified atom stereocenters. The number of carbonyl (C=O) groups excluding carboxylic acids is 2. The molecular weight excluding hydrogens is 340 g/mol. The minimum atomic E-state index is -0.154. The predicted molar refractivity (Wildman–Crippen MR) is 95.3 cm³/mol. The molecule has 1 heterocycles. The summed E-state index contributed by atoms with van der Waals surface area (Å²) in [7, 11) is 0. The average Bonchev–Trinajstić information content (AvgIpc) is 3.32. The minimum absolute atomic E-state index is 0.111. The van der Waals surface area contributed by atoms with Gasteiger partial charge in [0.05, 0.1) is 12.8 Å². The number of rotatable bonds is 8. The maximum atomic E-state index is 12.5. The first-order valence-electron chi connectivity index (χ1n) is 8.49. The largest absolute Gasteiger partial charge is 0.467 e. The van der Waals surface area contributed by atoms with Crippen molar-refractivity contribution in [3.8, 4) is 0 Å². The Morgan fingerprint density at radius 3 is 2.60 bits per heavy atom. The summed E-state index contributed by atoms with van der Waals surface area (Å²) in [6, 6.07) is 10.8. The van der Waals surface area contributed by atoms with Gasteiger partial charge in [-0.05, 0) is 55.7 Å². The van der Waals surface area contributed by atoms with Gasteiger partial charge in [0, 0.05) is 29.6 Å². The molecule has 1 N–H and O–H groups in total. The van der Waals surface area contributed by atoms with Crippen LogP contribution in [0.3, 0.4) is 0 Å². The molecule has 0 bridgehead atoms. The van der Waals surface area contributed by atoms with Crippen LogP contribution in [0.2, 0.25) is 5.02 Å². The fraction of sp³-hybridized carbons (Fsp3) is 0.368. The van der Waals surface area contributed by atoms with Gasteiger partial charge in [0.25, 0.3) is 5.91 Å². The van der Waals surface area contributed by atoms with E-state index in [1.54, 1.807) is 30.5 Å². The molecule has 2 amide bonds. The van der Waals surface area contributed by atoms with Gasteiger partial charge in [-0.15, -0.1) is 0 Å². The molecule has 6 heteroatoms. The molecular formula is C19H21ClN2O3. The molecule has 132 valence electrons. The molecule has 1 aromatic carbocycles. The second-order valence-electron chi connectivity index (χ2n) is 6.20. The van der Waals surface area contributed by atoms with E-state index in [1.165, 1.54) is 0 Å². The SMILES string of the molecule is O=C(NCCCC(=O)N(Cc1ccco1)C1CC1)c1ccc(Cl)cc1. The topological polar surface area (TPSA) is 62.6 Å². The van der Waals surface area contributed by atoms with E-state index in [4.69, 9.17) is 16.0 Å². The van der Waals surface area contributed by atoms with E-state index in [1.807, 2.05) is 17.0 Å². The maximum Gasteiger partial charge on any atom is 0.251 e. The van der Waals surface area contributed by atoms with Crippen LogP contribution in [0.1, 0.15) is 41.8 Å². The van der Waals surface area contributed by atoms with Crippen LogP contribution in [0.25, 0.3) is 0 Å². The van der Waals surface area contributed by atoms with Crippen LogP contribution in [0.5, 0.6) is 0 Å². The van der Waals surface area contributed by atoms with Crippen LogP contribution in [0.4, 0.5) is 0 Å². The average molecular weight is 361 g/mol. The zero-order valence-electron chi connectivity index (χ0n) is 13.9. The highest BCUT2D eigenvalue weighted by molar-refractivity contribution is 6.30. The molecule has 25 heavy (non-hydrogen) atoms. The monoisotopic (exact) mass is 360 g/mol. The third kappa shape index (κ3) is 5.10. The third-order valence-electron chi connectivity index (χ3n) is 4.17. The zero-order valence-corrected chi connectivity index (χ0v) is 14.7. The molecule has 1 fully saturated rings. The van der Waals surface area contributed by atoms with Crippen molar-refractivity contribution in [2.24, 2.45) is 0 Å². The Bertz CT molecular complexity index is 709. The summed E-state index contributed by atoms with van der Waals surface area (Å²) in [5.74, 6) is 0.759. The normalized spacial score (nSPS) is 13.5. The number of furan rings is 1. The van der Waals surface area contributed by atoms with Crippen molar-refractivity contribution in [2.75, 3.05) is 6.54 Å². The van der Waals surface area contributed by atoms with Gasteiger partial charge in [-0.1, -0.05) is 11.6 Å². The minimum Gasteiger partial charge on any atom is -0.467 e. The number of nitrogens with zero attached hydrogens (tertiary/aromatic N) is 1. The smallest absolute Gasteiger partial charge is 0.251 e.